The number of likely N-dealkylation sites (N-methyl/N-ethyl adjacent to an activating group) is 1. The number of aromatic amines is 1. The van der Waals surface area contributed by atoms with Gasteiger partial charge in [0, 0.05) is 55.7 Å². The molecule has 2 N–H and O–H groups in total. The number of nitrogens with one attached hydrogen (secondary N) is 2. The Morgan fingerprint density at radius 2 is 1.79 bits per heavy atom. The molecule has 1 aromatic heterocycles. The van der Waals surface area contributed by atoms with Crippen LogP contribution in [0.3, 0.4) is 0 Å². The molecule has 6 nitrogen and oxygen atoms in total. The zero-order valence-corrected chi connectivity index (χ0v) is 17.1. The van der Waals surface area contributed by atoms with Gasteiger partial charge in [-0.05, 0) is 54.4 Å². The molecular formula is C23H28N4O2. The van der Waals surface area contributed by atoms with Gasteiger partial charge in [0.2, 0.25) is 0 Å². The lowest BCUT2D eigenvalue weighted by atomic mass is 10.1. The number of benzene rings is 2. The van der Waals surface area contributed by atoms with Crippen LogP contribution in [0.5, 0.6) is 5.75 Å². The third-order valence-electron chi connectivity index (χ3n) is 5.66. The minimum Gasteiger partial charge on any atom is -0.497 e. The highest BCUT2D eigenvalue weighted by atomic mass is 16.5. The van der Waals surface area contributed by atoms with E-state index in [1.807, 2.05) is 24.3 Å². The molecule has 0 atom stereocenters. The summed E-state index contributed by atoms with van der Waals surface area (Å²) in [5, 5.41) is 4.35. The summed E-state index contributed by atoms with van der Waals surface area (Å²) in [4.78, 5) is 20.3. The molecule has 0 bridgehead atoms. The summed E-state index contributed by atoms with van der Waals surface area (Å²) in [6.07, 6.45) is 0. The number of methoxy groups -OCH3 is 1. The van der Waals surface area contributed by atoms with Crippen molar-refractivity contribution in [3.63, 3.8) is 0 Å². The Morgan fingerprint density at radius 1 is 1.03 bits per heavy atom. The summed E-state index contributed by atoms with van der Waals surface area (Å²) in [5.41, 5.74) is 3.68. The first kappa shape index (κ1) is 19.3. The molecule has 0 aliphatic carbocycles. The average molecular weight is 393 g/mol. The van der Waals surface area contributed by atoms with Crippen molar-refractivity contribution in [3.8, 4) is 5.75 Å². The molecule has 6 heteroatoms. The molecule has 0 unspecified atom stereocenters. The van der Waals surface area contributed by atoms with Gasteiger partial charge in [-0.1, -0.05) is 6.92 Å². The van der Waals surface area contributed by atoms with E-state index in [0.717, 1.165) is 55.1 Å². The van der Waals surface area contributed by atoms with Gasteiger partial charge in [-0.2, -0.15) is 0 Å². The normalized spacial score (nSPS) is 14.9. The number of fused-ring (bicyclic) bond motifs is 1. The van der Waals surface area contributed by atoms with Gasteiger partial charge in [-0.15, -0.1) is 0 Å². The minimum atomic E-state index is -0.0799. The van der Waals surface area contributed by atoms with Gasteiger partial charge in [0.25, 0.3) is 5.56 Å². The summed E-state index contributed by atoms with van der Waals surface area (Å²) < 4.78 is 5.22. The molecule has 1 saturated heterocycles. The number of piperazine rings is 1. The standard InChI is InChI=1S/C23H28N4O2/c1-3-26-10-12-27(13-11-26)20-7-5-19(6-8-20)24-16-18-14-17-4-9-21(29-2)15-22(17)25-23(18)28/h4-9,14-15,24H,3,10-13,16H2,1-2H3,(H,25,28). The Kier molecular flexibility index (Phi) is 5.71. The van der Waals surface area contributed by atoms with Crippen LogP contribution in [0.2, 0.25) is 0 Å². The molecule has 0 radical (unpaired) electrons. The molecule has 1 fully saturated rings. The van der Waals surface area contributed by atoms with E-state index in [1.165, 1.54) is 5.69 Å². The van der Waals surface area contributed by atoms with E-state index in [9.17, 15) is 4.79 Å². The zero-order chi connectivity index (χ0) is 20.2. The van der Waals surface area contributed by atoms with E-state index in [1.54, 1.807) is 7.11 Å². The lowest BCUT2D eigenvalue weighted by molar-refractivity contribution is 0.271. The van der Waals surface area contributed by atoms with E-state index in [0.29, 0.717) is 12.1 Å². The minimum absolute atomic E-state index is 0.0799. The van der Waals surface area contributed by atoms with E-state index in [-0.39, 0.29) is 5.56 Å². The number of pyridine rings is 1. The number of hydrogen-bond donors (Lipinski definition) is 2. The lowest BCUT2D eigenvalue weighted by Crippen LogP contribution is -2.46. The number of anilines is 2. The van der Waals surface area contributed by atoms with Gasteiger partial charge in [0.1, 0.15) is 5.75 Å². The number of hydrogen-bond acceptors (Lipinski definition) is 5. The fraction of sp³-hybridized carbons (Fsp3) is 0.348. The highest BCUT2D eigenvalue weighted by Crippen LogP contribution is 2.21. The molecule has 4 rings (SSSR count). The molecule has 2 aromatic carbocycles. The van der Waals surface area contributed by atoms with Crippen molar-refractivity contribution in [2.24, 2.45) is 0 Å². The Bertz CT molecular complexity index is 1020. The fourth-order valence-electron chi connectivity index (χ4n) is 3.79. The predicted molar refractivity (Wildman–Crippen MR) is 119 cm³/mol. The van der Waals surface area contributed by atoms with Crippen LogP contribution in [0.15, 0.2) is 53.3 Å². The van der Waals surface area contributed by atoms with Crippen LogP contribution >= 0.6 is 0 Å². The topological polar surface area (TPSA) is 60.6 Å². The van der Waals surface area contributed by atoms with Gasteiger partial charge in [0.05, 0.1) is 12.6 Å². The first-order valence-corrected chi connectivity index (χ1v) is 10.2. The SMILES string of the molecule is CCN1CCN(c2ccc(NCc3cc4ccc(OC)cc4[nH]c3=O)cc2)CC1. The van der Waals surface area contributed by atoms with E-state index >= 15 is 0 Å². The highest BCUT2D eigenvalue weighted by molar-refractivity contribution is 5.80. The molecule has 152 valence electrons. The molecule has 0 saturated carbocycles. The van der Waals surface area contributed by atoms with Crippen molar-refractivity contribution < 1.29 is 4.74 Å². The van der Waals surface area contributed by atoms with Crippen molar-refractivity contribution in [1.82, 2.24) is 9.88 Å². The van der Waals surface area contributed by atoms with Gasteiger partial charge in [-0.25, -0.2) is 0 Å². The highest BCUT2D eigenvalue weighted by Gasteiger charge is 2.15. The van der Waals surface area contributed by atoms with Crippen molar-refractivity contribution >= 4 is 22.3 Å². The van der Waals surface area contributed by atoms with Crippen molar-refractivity contribution in [1.29, 1.82) is 0 Å². The van der Waals surface area contributed by atoms with Crippen LogP contribution in [-0.2, 0) is 6.54 Å². The Hall–Kier alpha value is -2.99. The first-order chi connectivity index (χ1) is 14.2. The van der Waals surface area contributed by atoms with Crippen molar-refractivity contribution in [2.45, 2.75) is 13.5 Å². The van der Waals surface area contributed by atoms with Crippen LogP contribution in [0, 0.1) is 0 Å². The molecule has 1 aliphatic rings. The van der Waals surface area contributed by atoms with Crippen molar-refractivity contribution in [2.75, 3.05) is 50.1 Å². The van der Waals surface area contributed by atoms with Gasteiger partial charge in [0.15, 0.2) is 0 Å². The summed E-state index contributed by atoms with van der Waals surface area (Å²) in [6, 6.07) is 16.1. The quantitative estimate of drug-likeness (QED) is 0.674. The molecule has 29 heavy (non-hydrogen) atoms. The summed E-state index contributed by atoms with van der Waals surface area (Å²) in [6.45, 7) is 8.19. The van der Waals surface area contributed by atoms with E-state index in [2.05, 4.69) is 51.3 Å². The third-order valence-corrected chi connectivity index (χ3v) is 5.66. The van der Waals surface area contributed by atoms with Crippen LogP contribution < -0.4 is 20.5 Å². The maximum Gasteiger partial charge on any atom is 0.253 e. The van der Waals surface area contributed by atoms with Crippen molar-refractivity contribution in [3.05, 3.63) is 64.4 Å². The summed E-state index contributed by atoms with van der Waals surface area (Å²) in [5.74, 6) is 0.732. The van der Waals surface area contributed by atoms with Gasteiger partial charge >= 0.3 is 0 Å². The predicted octanol–water partition coefficient (Wildman–Crippen LogP) is 3.29. The second-order valence-electron chi connectivity index (χ2n) is 7.40. The maximum absolute atomic E-state index is 12.4. The summed E-state index contributed by atoms with van der Waals surface area (Å²) >= 11 is 0. The first-order valence-electron chi connectivity index (χ1n) is 10.2. The molecule has 3 aromatic rings. The largest absolute Gasteiger partial charge is 0.497 e. The molecule has 2 heterocycles. The monoisotopic (exact) mass is 392 g/mol. The molecule has 0 amide bonds. The van der Waals surface area contributed by atoms with E-state index < -0.39 is 0 Å². The number of rotatable bonds is 6. The Balaban J connectivity index is 1.41. The zero-order valence-electron chi connectivity index (χ0n) is 17.1. The van der Waals surface area contributed by atoms with Gasteiger partial charge < -0.3 is 24.8 Å². The second kappa shape index (κ2) is 8.57. The van der Waals surface area contributed by atoms with Crippen LogP contribution in [0.25, 0.3) is 10.9 Å². The number of nitrogens with zero attached hydrogens (tertiary/aromatic N) is 2. The van der Waals surface area contributed by atoms with Crippen LogP contribution in [0.1, 0.15) is 12.5 Å². The smallest absolute Gasteiger partial charge is 0.253 e. The van der Waals surface area contributed by atoms with E-state index in [4.69, 9.17) is 4.74 Å². The average Bonchev–Trinajstić information content (AvgIpc) is 2.77. The molecule has 0 spiro atoms. The molecular weight excluding hydrogens is 364 g/mol. The Labute approximate surface area is 171 Å². The summed E-state index contributed by atoms with van der Waals surface area (Å²) in [7, 11) is 1.62. The molecule has 1 aliphatic heterocycles. The lowest BCUT2D eigenvalue weighted by Gasteiger charge is -2.35. The van der Waals surface area contributed by atoms with Crippen LogP contribution in [0.4, 0.5) is 11.4 Å². The number of H-pyrrole nitrogens is 1. The fourth-order valence-corrected chi connectivity index (χ4v) is 3.79. The Morgan fingerprint density at radius 3 is 2.48 bits per heavy atom. The number of aromatic nitrogens is 1. The van der Waals surface area contributed by atoms with Gasteiger partial charge in [-0.3, -0.25) is 4.79 Å². The number of ether oxygens (including phenoxy) is 1. The third kappa shape index (κ3) is 4.38. The second-order valence-corrected chi connectivity index (χ2v) is 7.40. The maximum atomic E-state index is 12.4. The van der Waals surface area contributed by atoms with Crippen LogP contribution in [-0.4, -0.2) is 49.7 Å².